The Bertz CT molecular complexity index is 809. The van der Waals surface area contributed by atoms with Crippen LogP contribution in [-0.4, -0.2) is 52.9 Å². The number of hydrogen-bond acceptors (Lipinski definition) is 5. The number of allylic oxidation sites excluding steroid dienone is 1. The van der Waals surface area contributed by atoms with Gasteiger partial charge in [0, 0.05) is 30.3 Å². The number of aliphatic hydroxyl groups excluding tert-OH is 2. The van der Waals surface area contributed by atoms with Crippen molar-refractivity contribution in [3.8, 4) is 0 Å². The first-order valence-corrected chi connectivity index (χ1v) is 11.3. The molecule has 0 spiro atoms. The summed E-state index contributed by atoms with van der Waals surface area (Å²) in [5.41, 5.74) is 1.82. The van der Waals surface area contributed by atoms with Gasteiger partial charge in [-0.1, -0.05) is 55.8 Å². The van der Waals surface area contributed by atoms with Crippen molar-refractivity contribution in [2.75, 3.05) is 13.6 Å². The smallest absolute Gasteiger partial charge is 0.311 e. The SMILES string of the molecule is C[C@@H]([C@@H](O)c1ccccc1)N(C)C[C@@H]1C(=O)O[C@@H]2CC3=CCC[C@H](C)[C@@]3(C)[C@@H](O)[C@H]12. The molecule has 8 atom stereocenters. The molecular weight excluding hydrogens is 378 g/mol. The zero-order valence-electron chi connectivity index (χ0n) is 18.5. The van der Waals surface area contributed by atoms with Crippen LogP contribution in [0, 0.1) is 23.2 Å². The largest absolute Gasteiger partial charge is 0.461 e. The van der Waals surface area contributed by atoms with Gasteiger partial charge in [0.15, 0.2) is 0 Å². The highest BCUT2D eigenvalue weighted by molar-refractivity contribution is 5.76. The van der Waals surface area contributed by atoms with Gasteiger partial charge in [-0.15, -0.1) is 0 Å². The summed E-state index contributed by atoms with van der Waals surface area (Å²) in [5, 5.41) is 22.3. The third-order valence-electron chi connectivity index (χ3n) is 8.35. The van der Waals surface area contributed by atoms with E-state index in [9.17, 15) is 15.0 Å². The van der Waals surface area contributed by atoms with Crippen LogP contribution in [0.4, 0.5) is 0 Å². The highest BCUT2D eigenvalue weighted by Gasteiger charge is 2.59. The number of carbonyl (C=O) groups is 1. The maximum absolute atomic E-state index is 12.8. The van der Waals surface area contributed by atoms with Gasteiger partial charge < -0.3 is 14.9 Å². The Morgan fingerprint density at radius 1 is 1.30 bits per heavy atom. The highest BCUT2D eigenvalue weighted by atomic mass is 16.6. The van der Waals surface area contributed by atoms with Gasteiger partial charge in [0.1, 0.15) is 6.10 Å². The molecule has 1 saturated carbocycles. The fourth-order valence-corrected chi connectivity index (χ4v) is 5.92. The predicted octanol–water partition coefficient (Wildman–Crippen LogP) is 3.33. The van der Waals surface area contributed by atoms with E-state index in [2.05, 4.69) is 19.9 Å². The number of hydrogen-bond donors (Lipinski definition) is 2. The second-order valence-electron chi connectivity index (χ2n) is 9.83. The molecule has 0 unspecified atom stereocenters. The summed E-state index contributed by atoms with van der Waals surface area (Å²) in [5.74, 6) is -0.425. The first-order chi connectivity index (χ1) is 14.2. The summed E-state index contributed by atoms with van der Waals surface area (Å²) >= 11 is 0. The molecule has 0 aromatic heterocycles. The quantitative estimate of drug-likeness (QED) is 0.572. The molecule has 2 fully saturated rings. The fraction of sp³-hybridized carbons (Fsp3) is 0.640. The Balaban J connectivity index is 1.52. The van der Waals surface area contributed by atoms with Crippen LogP contribution in [0.2, 0.25) is 0 Å². The lowest BCUT2D eigenvalue weighted by Gasteiger charge is -2.52. The second kappa shape index (κ2) is 8.10. The first-order valence-electron chi connectivity index (χ1n) is 11.3. The van der Waals surface area contributed by atoms with Gasteiger partial charge in [0.25, 0.3) is 0 Å². The maximum Gasteiger partial charge on any atom is 0.311 e. The first kappa shape index (κ1) is 21.5. The standard InChI is InChI=1S/C25H35NO4/c1-15-9-8-12-18-13-20-21(23(28)25(15,18)3)19(24(29)30-20)14-26(4)16(2)22(27)17-10-6-5-7-11-17/h5-7,10-12,15-16,19-23,27-28H,8-9,13-14H2,1-4H3/t15-,16-,19-,20+,21+,22+,23-,25+/m0/s1. The summed E-state index contributed by atoms with van der Waals surface area (Å²) in [6.07, 6.45) is 3.59. The monoisotopic (exact) mass is 413 g/mol. The molecule has 30 heavy (non-hydrogen) atoms. The summed E-state index contributed by atoms with van der Waals surface area (Å²) in [7, 11) is 1.93. The molecule has 2 N–H and O–H groups in total. The summed E-state index contributed by atoms with van der Waals surface area (Å²) in [4.78, 5) is 14.9. The van der Waals surface area contributed by atoms with Crippen molar-refractivity contribution < 1.29 is 19.7 Å². The number of likely N-dealkylation sites (N-methyl/N-ethyl adjacent to an activating group) is 1. The predicted molar refractivity (Wildman–Crippen MR) is 116 cm³/mol. The van der Waals surface area contributed by atoms with Crippen molar-refractivity contribution in [1.82, 2.24) is 4.90 Å². The third kappa shape index (κ3) is 3.41. The van der Waals surface area contributed by atoms with Gasteiger partial charge >= 0.3 is 5.97 Å². The third-order valence-corrected chi connectivity index (χ3v) is 8.35. The van der Waals surface area contributed by atoms with Gasteiger partial charge in [-0.3, -0.25) is 9.69 Å². The molecule has 1 aromatic rings. The number of nitrogens with zero attached hydrogens (tertiary/aromatic N) is 1. The minimum Gasteiger partial charge on any atom is -0.461 e. The number of esters is 1. The number of benzene rings is 1. The van der Waals surface area contributed by atoms with Crippen LogP contribution in [0.15, 0.2) is 42.0 Å². The van der Waals surface area contributed by atoms with E-state index < -0.39 is 12.2 Å². The molecule has 5 nitrogen and oxygen atoms in total. The zero-order valence-corrected chi connectivity index (χ0v) is 18.5. The highest BCUT2D eigenvalue weighted by Crippen LogP contribution is 2.56. The molecule has 0 amide bonds. The molecule has 1 aliphatic heterocycles. The minimum absolute atomic E-state index is 0.167. The molecule has 5 heteroatoms. The molecule has 1 aromatic carbocycles. The zero-order chi connectivity index (χ0) is 21.6. The van der Waals surface area contributed by atoms with Gasteiger partial charge in [-0.2, -0.15) is 0 Å². The topological polar surface area (TPSA) is 70.0 Å². The Kier molecular flexibility index (Phi) is 5.82. The van der Waals surface area contributed by atoms with Crippen molar-refractivity contribution >= 4 is 5.97 Å². The van der Waals surface area contributed by atoms with Crippen LogP contribution in [-0.2, 0) is 9.53 Å². The summed E-state index contributed by atoms with van der Waals surface area (Å²) < 4.78 is 5.77. The lowest BCUT2D eigenvalue weighted by atomic mass is 9.55. The molecule has 3 aliphatic rings. The van der Waals surface area contributed by atoms with Crippen LogP contribution in [0.25, 0.3) is 0 Å². The van der Waals surface area contributed by atoms with E-state index in [0.717, 1.165) is 24.8 Å². The average Bonchev–Trinajstić information content (AvgIpc) is 3.05. The minimum atomic E-state index is -0.647. The van der Waals surface area contributed by atoms with Gasteiger partial charge in [0.2, 0.25) is 0 Å². The summed E-state index contributed by atoms with van der Waals surface area (Å²) in [6.45, 7) is 6.81. The molecule has 164 valence electrons. The average molecular weight is 414 g/mol. The van der Waals surface area contributed by atoms with Crippen molar-refractivity contribution in [1.29, 1.82) is 0 Å². The summed E-state index contributed by atoms with van der Waals surface area (Å²) in [6, 6.07) is 9.43. The van der Waals surface area contributed by atoms with Gasteiger partial charge in [0.05, 0.1) is 18.1 Å². The van der Waals surface area contributed by atoms with E-state index in [0.29, 0.717) is 12.5 Å². The van der Waals surface area contributed by atoms with Gasteiger partial charge in [-0.05, 0) is 38.3 Å². The van der Waals surface area contributed by atoms with Crippen molar-refractivity contribution in [2.24, 2.45) is 23.2 Å². The maximum atomic E-state index is 12.8. The van der Waals surface area contributed by atoms with Crippen LogP contribution < -0.4 is 0 Å². The van der Waals surface area contributed by atoms with E-state index in [1.165, 1.54) is 5.57 Å². The molecular formula is C25H35NO4. The number of carbonyl (C=O) groups excluding carboxylic acids is 1. The number of aliphatic hydroxyl groups is 2. The van der Waals surface area contributed by atoms with Crippen molar-refractivity contribution in [2.45, 2.75) is 64.4 Å². The van der Waals surface area contributed by atoms with E-state index in [1.807, 2.05) is 49.2 Å². The van der Waals surface area contributed by atoms with Crippen molar-refractivity contribution in [3.05, 3.63) is 47.5 Å². The molecule has 2 aliphatic carbocycles. The Hall–Kier alpha value is -1.69. The molecule has 1 heterocycles. The second-order valence-corrected chi connectivity index (χ2v) is 9.83. The lowest BCUT2D eigenvalue weighted by molar-refractivity contribution is -0.145. The van der Waals surface area contributed by atoms with Crippen LogP contribution in [0.5, 0.6) is 0 Å². The van der Waals surface area contributed by atoms with Crippen LogP contribution >= 0.6 is 0 Å². The van der Waals surface area contributed by atoms with E-state index in [4.69, 9.17) is 4.74 Å². The van der Waals surface area contributed by atoms with Gasteiger partial charge in [-0.25, -0.2) is 0 Å². The molecule has 1 saturated heterocycles. The van der Waals surface area contributed by atoms with Crippen LogP contribution in [0.3, 0.4) is 0 Å². The normalized spacial score (nSPS) is 37.8. The van der Waals surface area contributed by atoms with Crippen molar-refractivity contribution in [3.63, 3.8) is 0 Å². The van der Waals surface area contributed by atoms with Crippen LogP contribution in [0.1, 0.15) is 51.7 Å². The lowest BCUT2D eigenvalue weighted by Crippen LogP contribution is -2.55. The molecule has 0 radical (unpaired) electrons. The molecule has 4 rings (SSSR count). The Labute approximate surface area is 179 Å². The molecule has 0 bridgehead atoms. The number of rotatable bonds is 5. The Morgan fingerprint density at radius 2 is 2.00 bits per heavy atom. The fourth-order valence-electron chi connectivity index (χ4n) is 5.92. The van der Waals surface area contributed by atoms with E-state index >= 15 is 0 Å². The number of ether oxygens (including phenoxy) is 1. The van der Waals surface area contributed by atoms with E-state index in [1.54, 1.807) is 0 Å². The number of fused-ring (bicyclic) bond motifs is 2. The Morgan fingerprint density at radius 3 is 2.70 bits per heavy atom. The van der Waals surface area contributed by atoms with E-state index in [-0.39, 0.29) is 35.4 Å².